The van der Waals surface area contributed by atoms with Gasteiger partial charge in [0.25, 0.3) is 0 Å². The summed E-state index contributed by atoms with van der Waals surface area (Å²) in [6, 6.07) is 84.0. The third-order valence-electron chi connectivity index (χ3n) is 16.4. The summed E-state index contributed by atoms with van der Waals surface area (Å²) in [5, 5.41) is 26.4. The molecule has 2 aliphatic carbocycles. The number of nitrogens with zero attached hydrogens (tertiary/aromatic N) is 4. The van der Waals surface area contributed by atoms with Crippen molar-refractivity contribution in [3.63, 3.8) is 0 Å². The van der Waals surface area contributed by atoms with E-state index in [1.54, 1.807) is 0 Å². The zero-order valence-corrected chi connectivity index (χ0v) is 41.6. The molecule has 0 N–H and O–H groups in total. The summed E-state index contributed by atoms with van der Waals surface area (Å²) in [6.07, 6.45) is -4.65. The number of nitriles is 2. The Labute approximate surface area is 447 Å². The third kappa shape index (κ3) is 6.52. The van der Waals surface area contributed by atoms with Gasteiger partial charge in [0, 0.05) is 44.5 Å². The van der Waals surface area contributed by atoms with Crippen LogP contribution in [0.2, 0.25) is 0 Å². The number of rotatable bonds is 6. The molecule has 0 bridgehead atoms. The summed E-state index contributed by atoms with van der Waals surface area (Å²) >= 11 is 0. The van der Waals surface area contributed by atoms with Crippen molar-refractivity contribution >= 4 is 43.6 Å². The van der Waals surface area contributed by atoms with Crippen LogP contribution in [-0.4, -0.2) is 9.13 Å². The van der Waals surface area contributed by atoms with E-state index < -0.39 is 11.7 Å². The highest BCUT2D eigenvalue weighted by atomic mass is 19.4. The molecule has 13 aromatic rings. The monoisotopic (exact) mass is 1010 g/mol. The molecule has 2 unspecified atom stereocenters. The van der Waals surface area contributed by atoms with Gasteiger partial charge in [0.2, 0.25) is 0 Å². The van der Waals surface area contributed by atoms with Crippen LogP contribution in [0.25, 0.3) is 99.5 Å². The van der Waals surface area contributed by atoms with Crippen molar-refractivity contribution in [2.45, 2.75) is 18.0 Å². The summed E-state index contributed by atoms with van der Waals surface area (Å²) in [6.45, 7) is 0. The summed E-state index contributed by atoms with van der Waals surface area (Å²) in [5.74, 6) is -0.0964. The number of benzene rings is 11. The third-order valence-corrected chi connectivity index (χ3v) is 16.4. The van der Waals surface area contributed by atoms with Crippen LogP contribution in [-0.2, 0) is 6.18 Å². The second kappa shape index (κ2) is 17.2. The Hall–Kier alpha value is -10.2. The minimum absolute atomic E-state index is 0.0438. The van der Waals surface area contributed by atoms with Crippen LogP contribution in [0.5, 0.6) is 0 Å². The van der Waals surface area contributed by atoms with Gasteiger partial charge in [-0.05, 0) is 127 Å². The Kier molecular flexibility index (Phi) is 9.95. The molecule has 2 aromatic heterocycles. The quantitative estimate of drug-likeness (QED) is 0.167. The van der Waals surface area contributed by atoms with E-state index >= 15 is 0 Å². The topological polar surface area (TPSA) is 57.4 Å². The molecule has 7 heteroatoms. The highest BCUT2D eigenvalue weighted by Gasteiger charge is 2.37. The lowest BCUT2D eigenvalue weighted by atomic mass is 9.87. The van der Waals surface area contributed by atoms with Gasteiger partial charge >= 0.3 is 6.18 Å². The molecule has 2 aliphatic rings. The van der Waals surface area contributed by atoms with E-state index in [1.165, 1.54) is 61.7 Å². The Balaban J connectivity index is 1.05. The van der Waals surface area contributed by atoms with Gasteiger partial charge in [-0.1, -0.05) is 176 Å². The number of para-hydroxylation sites is 2. The number of halogens is 3. The highest BCUT2D eigenvalue weighted by molar-refractivity contribution is 6.17. The molecule has 11 aromatic carbocycles. The first-order valence-corrected chi connectivity index (χ1v) is 26.0. The van der Waals surface area contributed by atoms with Crippen LogP contribution in [0.3, 0.4) is 0 Å². The van der Waals surface area contributed by atoms with Gasteiger partial charge in [-0.25, -0.2) is 0 Å². The molecule has 15 rings (SSSR count). The van der Waals surface area contributed by atoms with Crippen LogP contribution in [0.4, 0.5) is 13.2 Å². The molecule has 0 saturated carbocycles. The van der Waals surface area contributed by atoms with Gasteiger partial charge in [-0.3, -0.25) is 0 Å². The maximum Gasteiger partial charge on any atom is 0.416 e. The molecular formula is C71H41F3N4. The molecule has 366 valence electrons. The van der Waals surface area contributed by atoms with Crippen molar-refractivity contribution < 1.29 is 13.2 Å². The molecule has 78 heavy (non-hydrogen) atoms. The molecule has 0 fully saturated rings. The van der Waals surface area contributed by atoms with E-state index in [1.807, 2.05) is 48.5 Å². The molecule has 2 atom stereocenters. The van der Waals surface area contributed by atoms with E-state index in [0.29, 0.717) is 27.8 Å². The van der Waals surface area contributed by atoms with Gasteiger partial charge in [0.15, 0.2) is 0 Å². The second-order valence-electron chi connectivity index (χ2n) is 20.3. The standard InChI is InChI=1S/C71H41F3N4/c72-71(73,74)47-31-32-48(46(38-47)41-76)44-30-35-60(77-58-27-13-11-25-55(58)67-62(77)36-33-53-49-21-7-9-23-51(49)65(69(53)67)42-16-3-1-4-17-42)57(39-44)64-45(40-75)20-15-29-61(64)78-59-28-14-12-26-56(59)68-63(78)37-34-54-50-22-8-10-24-52(50)66(70(54)68)43-18-5-2-6-19-43/h1-39,65-66H. The van der Waals surface area contributed by atoms with Crippen LogP contribution in [0, 0.1) is 22.7 Å². The van der Waals surface area contributed by atoms with E-state index in [2.05, 4.69) is 191 Å². The maximum absolute atomic E-state index is 14.3. The number of aromatic nitrogens is 2. The van der Waals surface area contributed by atoms with Crippen molar-refractivity contribution in [1.82, 2.24) is 9.13 Å². The minimum Gasteiger partial charge on any atom is -0.309 e. The summed E-state index contributed by atoms with van der Waals surface area (Å²) in [4.78, 5) is 0. The second-order valence-corrected chi connectivity index (χ2v) is 20.3. The summed E-state index contributed by atoms with van der Waals surface area (Å²) in [5.41, 5.74) is 18.9. The van der Waals surface area contributed by atoms with Crippen molar-refractivity contribution in [2.75, 3.05) is 0 Å². The maximum atomic E-state index is 14.3. The zero-order chi connectivity index (χ0) is 52.4. The lowest BCUT2D eigenvalue weighted by molar-refractivity contribution is -0.137. The fraction of sp³-hybridized carbons (Fsp3) is 0.0423. The normalized spacial score (nSPS) is 14.3. The van der Waals surface area contributed by atoms with Crippen molar-refractivity contribution in [3.8, 4) is 68.0 Å². The Bertz CT molecular complexity index is 4760. The van der Waals surface area contributed by atoms with Crippen LogP contribution >= 0.6 is 0 Å². The van der Waals surface area contributed by atoms with Crippen molar-refractivity contribution in [2.24, 2.45) is 0 Å². The van der Waals surface area contributed by atoms with Gasteiger partial charge < -0.3 is 9.13 Å². The van der Waals surface area contributed by atoms with Gasteiger partial charge in [0.05, 0.1) is 62.3 Å². The Morgan fingerprint density at radius 2 is 0.872 bits per heavy atom. The van der Waals surface area contributed by atoms with E-state index in [4.69, 9.17) is 0 Å². The van der Waals surface area contributed by atoms with E-state index in [9.17, 15) is 23.7 Å². The Morgan fingerprint density at radius 3 is 1.42 bits per heavy atom. The molecule has 0 aliphatic heterocycles. The average molecular weight is 1010 g/mol. The SMILES string of the molecule is N#Cc1cc(C(F)(F)F)ccc1-c1ccc(-n2c3ccccc3c3c4c(ccc32)-c2ccccc2C4c2ccccc2)c(-c2c(C#N)cccc2-n2c3ccccc3c3c4c(ccc32)-c2ccccc2C4c2ccccc2)c1. The van der Waals surface area contributed by atoms with Crippen molar-refractivity contribution in [1.29, 1.82) is 10.5 Å². The first-order valence-electron chi connectivity index (χ1n) is 26.0. The summed E-state index contributed by atoms with van der Waals surface area (Å²) in [7, 11) is 0. The zero-order valence-electron chi connectivity index (χ0n) is 41.6. The molecule has 0 spiro atoms. The largest absolute Gasteiger partial charge is 0.416 e. The highest BCUT2D eigenvalue weighted by Crippen LogP contribution is 2.56. The van der Waals surface area contributed by atoms with Gasteiger partial charge in [0.1, 0.15) is 0 Å². The van der Waals surface area contributed by atoms with E-state index in [0.717, 1.165) is 67.1 Å². The van der Waals surface area contributed by atoms with E-state index in [-0.39, 0.29) is 17.4 Å². The fourth-order valence-corrected chi connectivity index (χ4v) is 13.3. The molecule has 0 saturated heterocycles. The minimum atomic E-state index is -4.65. The predicted octanol–water partition coefficient (Wildman–Crippen LogP) is 18.3. The number of alkyl halides is 3. The number of hydrogen-bond acceptors (Lipinski definition) is 2. The molecule has 0 amide bonds. The smallest absolute Gasteiger partial charge is 0.309 e. The predicted molar refractivity (Wildman–Crippen MR) is 306 cm³/mol. The lowest BCUT2D eigenvalue weighted by Crippen LogP contribution is -2.06. The van der Waals surface area contributed by atoms with Crippen LogP contribution in [0.15, 0.2) is 237 Å². The average Bonchev–Trinajstić information content (AvgIpc) is 3.72. The molecule has 4 nitrogen and oxygen atoms in total. The van der Waals surface area contributed by atoms with Gasteiger partial charge in [-0.2, -0.15) is 23.7 Å². The molecule has 0 radical (unpaired) electrons. The van der Waals surface area contributed by atoms with Crippen LogP contribution < -0.4 is 0 Å². The van der Waals surface area contributed by atoms with Crippen molar-refractivity contribution in [3.05, 3.63) is 287 Å². The Morgan fingerprint density at radius 1 is 0.372 bits per heavy atom. The van der Waals surface area contributed by atoms with Gasteiger partial charge in [-0.15, -0.1) is 0 Å². The fourth-order valence-electron chi connectivity index (χ4n) is 13.3. The number of fused-ring (bicyclic) bond motifs is 14. The first kappa shape index (κ1) is 45.2. The number of hydrogen-bond donors (Lipinski definition) is 0. The molecule has 2 heterocycles. The first-order chi connectivity index (χ1) is 38.3. The lowest BCUT2D eigenvalue weighted by Gasteiger charge is -2.21. The summed E-state index contributed by atoms with van der Waals surface area (Å²) < 4.78 is 47.3. The molecular weight excluding hydrogens is 966 g/mol. The van der Waals surface area contributed by atoms with Crippen LogP contribution in [0.1, 0.15) is 61.9 Å².